The summed E-state index contributed by atoms with van der Waals surface area (Å²) in [4.78, 5) is 0. The molecule has 0 bridgehead atoms. The van der Waals surface area contributed by atoms with Gasteiger partial charge in [0.15, 0.2) is 0 Å². The molecule has 0 unspecified atom stereocenters. The first-order valence-electron chi connectivity index (χ1n) is 2.55. The molecule has 0 amide bonds. The summed E-state index contributed by atoms with van der Waals surface area (Å²) in [7, 11) is 0. The van der Waals surface area contributed by atoms with E-state index >= 15 is 0 Å². The summed E-state index contributed by atoms with van der Waals surface area (Å²) in [5.74, 6) is 0. The molecule has 0 saturated carbocycles. The van der Waals surface area contributed by atoms with Crippen molar-refractivity contribution in [1.29, 1.82) is 0 Å². The third kappa shape index (κ3) is 6.75. The fraction of sp³-hybridized carbons (Fsp3) is 0.833. The molecule has 0 saturated heterocycles. The Hall–Kier alpha value is 0.753. The van der Waals surface area contributed by atoms with Crippen molar-refractivity contribution in [1.82, 2.24) is 0 Å². The van der Waals surface area contributed by atoms with Gasteiger partial charge in [0.25, 0.3) is 0 Å². The molecule has 1 heteroatoms. The second-order valence-corrected chi connectivity index (χ2v) is 3.97. The van der Waals surface area contributed by atoms with Crippen LogP contribution in [0, 0.1) is 5.41 Å². The molecule has 0 aliphatic heterocycles. The van der Waals surface area contributed by atoms with Crippen LogP contribution in [0.3, 0.4) is 0 Å². The molecular weight excluding hydrogens is 163 g/mol. The van der Waals surface area contributed by atoms with Gasteiger partial charge in [0, 0.05) is 0 Å². The Bertz CT molecular complexity index is 59.1. The molecule has 0 aromatic carbocycles. The summed E-state index contributed by atoms with van der Waals surface area (Å²) in [6.07, 6.45) is 1.26. The van der Waals surface area contributed by atoms with Crippen LogP contribution in [0.25, 0.3) is 0 Å². The molecule has 40 valence electrons. The summed E-state index contributed by atoms with van der Waals surface area (Å²) >= 11 is 1.55. The van der Waals surface area contributed by atoms with Gasteiger partial charge >= 0.3 is 60.6 Å². The first-order chi connectivity index (χ1) is 3.06. The van der Waals surface area contributed by atoms with Crippen molar-refractivity contribution >= 4 is 3.71 Å². The monoisotopic (exact) mass is 174 g/mol. The average molecular weight is 175 g/mol. The fourth-order valence-electron chi connectivity index (χ4n) is 0.306. The van der Waals surface area contributed by atoms with Gasteiger partial charge in [-0.25, -0.2) is 0 Å². The van der Waals surface area contributed by atoms with Gasteiger partial charge in [-0.2, -0.15) is 0 Å². The van der Waals surface area contributed by atoms with Crippen molar-refractivity contribution in [3.63, 3.8) is 0 Å². The van der Waals surface area contributed by atoms with E-state index < -0.39 is 0 Å². The second kappa shape index (κ2) is 2.92. The van der Waals surface area contributed by atoms with Crippen molar-refractivity contribution in [2.75, 3.05) is 0 Å². The van der Waals surface area contributed by atoms with Gasteiger partial charge in [-0.05, 0) is 0 Å². The van der Waals surface area contributed by atoms with E-state index in [0.29, 0.717) is 5.41 Å². The van der Waals surface area contributed by atoms with Crippen LogP contribution in [0.2, 0.25) is 0 Å². The van der Waals surface area contributed by atoms with E-state index in [0.717, 1.165) is 0 Å². The molecule has 0 spiro atoms. The molecule has 0 rings (SSSR count). The van der Waals surface area contributed by atoms with Crippen LogP contribution in [0.4, 0.5) is 0 Å². The van der Waals surface area contributed by atoms with Gasteiger partial charge in [0.1, 0.15) is 0 Å². The maximum absolute atomic E-state index is 2.30. The zero-order chi connectivity index (χ0) is 5.91. The molecule has 0 aliphatic carbocycles. The standard InChI is InChI=1S/C6H12.Zr/c1-5-6(2,3)4;/h1H,5H2,2-4H3;. The Morgan fingerprint density at radius 2 is 1.86 bits per heavy atom. The van der Waals surface area contributed by atoms with Gasteiger partial charge in [-0.15, -0.1) is 0 Å². The Kier molecular flexibility index (Phi) is 3.23. The minimum absolute atomic E-state index is 0.517. The summed E-state index contributed by atoms with van der Waals surface area (Å²) in [6.45, 7) is 6.77. The van der Waals surface area contributed by atoms with Crippen LogP contribution in [-0.2, 0) is 24.2 Å². The first kappa shape index (κ1) is 7.75. The van der Waals surface area contributed by atoms with Crippen LogP contribution >= 0.6 is 0 Å². The maximum atomic E-state index is 2.30. The van der Waals surface area contributed by atoms with E-state index in [9.17, 15) is 0 Å². The van der Waals surface area contributed by atoms with Crippen LogP contribution in [-0.4, -0.2) is 3.71 Å². The topological polar surface area (TPSA) is 0 Å². The summed E-state index contributed by atoms with van der Waals surface area (Å²) in [6, 6.07) is 0. The molecule has 7 heavy (non-hydrogen) atoms. The van der Waals surface area contributed by atoms with E-state index in [2.05, 4.69) is 24.5 Å². The van der Waals surface area contributed by atoms with Crippen LogP contribution in [0.1, 0.15) is 27.2 Å². The summed E-state index contributed by atoms with van der Waals surface area (Å²) < 4.78 is 2.30. The third-order valence-corrected chi connectivity index (χ3v) is 1.22. The molecular formula is C6H12Zr. The van der Waals surface area contributed by atoms with Crippen molar-refractivity contribution < 1.29 is 24.2 Å². The van der Waals surface area contributed by atoms with E-state index in [-0.39, 0.29) is 0 Å². The Morgan fingerprint density at radius 3 is 1.86 bits per heavy atom. The van der Waals surface area contributed by atoms with E-state index in [1.54, 1.807) is 24.2 Å². The predicted molar refractivity (Wildman–Crippen MR) is 30.1 cm³/mol. The van der Waals surface area contributed by atoms with E-state index in [1.165, 1.54) is 6.42 Å². The molecule has 0 radical (unpaired) electrons. The number of rotatable bonds is 1. The van der Waals surface area contributed by atoms with Crippen molar-refractivity contribution in [3.05, 3.63) is 0 Å². The molecule has 0 atom stereocenters. The molecule has 0 heterocycles. The molecule has 0 aromatic heterocycles. The molecule has 0 aromatic rings. The summed E-state index contributed by atoms with van der Waals surface area (Å²) in [5, 5.41) is 0. The number of hydrogen-bond donors (Lipinski definition) is 0. The van der Waals surface area contributed by atoms with Gasteiger partial charge in [0.2, 0.25) is 0 Å². The van der Waals surface area contributed by atoms with Gasteiger partial charge in [-0.1, -0.05) is 0 Å². The third-order valence-electron chi connectivity index (χ3n) is 0.714. The van der Waals surface area contributed by atoms with Crippen molar-refractivity contribution in [3.8, 4) is 0 Å². The predicted octanol–water partition coefficient (Wildman–Crippen LogP) is 1.77. The van der Waals surface area contributed by atoms with Crippen molar-refractivity contribution in [2.24, 2.45) is 5.41 Å². The minimum atomic E-state index is 0.517. The van der Waals surface area contributed by atoms with Crippen molar-refractivity contribution in [2.45, 2.75) is 27.2 Å². The second-order valence-electron chi connectivity index (χ2n) is 2.97. The Labute approximate surface area is 60.6 Å². The Balaban J connectivity index is 3.34. The van der Waals surface area contributed by atoms with Crippen LogP contribution in [0.15, 0.2) is 0 Å². The SMILES string of the molecule is CC(C)(C)C[CH]=[Zr]. The molecule has 0 nitrogen and oxygen atoms in total. The molecule has 0 N–H and O–H groups in total. The molecule has 0 fully saturated rings. The quantitative estimate of drug-likeness (QED) is 0.570. The van der Waals surface area contributed by atoms with Gasteiger partial charge in [0.05, 0.1) is 0 Å². The summed E-state index contributed by atoms with van der Waals surface area (Å²) in [5.41, 5.74) is 0.517. The Morgan fingerprint density at radius 1 is 1.43 bits per heavy atom. The zero-order valence-corrected chi connectivity index (χ0v) is 7.74. The van der Waals surface area contributed by atoms with E-state index in [1.807, 2.05) is 0 Å². The first-order valence-corrected chi connectivity index (χ1v) is 3.97. The average Bonchev–Trinajstić information content (AvgIpc) is 1.30. The van der Waals surface area contributed by atoms with Gasteiger partial charge in [-0.3, -0.25) is 0 Å². The zero-order valence-electron chi connectivity index (χ0n) is 5.28. The molecule has 0 aliphatic rings. The fourth-order valence-corrected chi connectivity index (χ4v) is 1.81. The normalized spacial score (nSPS) is 11.1. The number of hydrogen-bond acceptors (Lipinski definition) is 0. The van der Waals surface area contributed by atoms with Crippen LogP contribution < -0.4 is 0 Å². The van der Waals surface area contributed by atoms with E-state index in [4.69, 9.17) is 0 Å². The van der Waals surface area contributed by atoms with Gasteiger partial charge < -0.3 is 0 Å². The van der Waals surface area contributed by atoms with Crippen LogP contribution in [0.5, 0.6) is 0 Å².